The molecule has 1 aliphatic rings. The van der Waals surface area contributed by atoms with Crippen LogP contribution in [0.15, 0.2) is 36.5 Å². The van der Waals surface area contributed by atoms with Crippen molar-refractivity contribution in [2.24, 2.45) is 0 Å². The van der Waals surface area contributed by atoms with Gasteiger partial charge in [0.25, 0.3) is 0 Å². The highest BCUT2D eigenvalue weighted by molar-refractivity contribution is 5.80. The lowest BCUT2D eigenvalue weighted by Gasteiger charge is -2.41. The summed E-state index contributed by atoms with van der Waals surface area (Å²) >= 11 is 0. The van der Waals surface area contributed by atoms with Crippen LogP contribution in [0.5, 0.6) is 0 Å². The fraction of sp³-hybridized carbons (Fsp3) is 0.852. The maximum atomic E-state index is 13.3. The number of hydrogen-bond acceptors (Lipinski definition) is 10. The van der Waals surface area contributed by atoms with Crippen LogP contribution < -0.4 is 5.32 Å². The van der Waals surface area contributed by atoms with Crippen LogP contribution in [0.25, 0.3) is 0 Å². The van der Waals surface area contributed by atoms with E-state index in [1.54, 1.807) is 6.08 Å². The smallest absolute Gasteiger partial charge is 0.306 e. The zero-order valence-electron chi connectivity index (χ0n) is 41.6. The van der Waals surface area contributed by atoms with Crippen LogP contribution in [0.2, 0.25) is 0 Å². The second-order valence-electron chi connectivity index (χ2n) is 18.6. The van der Waals surface area contributed by atoms with Gasteiger partial charge in [-0.25, -0.2) is 0 Å². The summed E-state index contributed by atoms with van der Waals surface area (Å²) in [6.07, 6.45) is 37.7. The molecule has 1 amide bonds. The second kappa shape index (κ2) is 43.2. The standard InChI is InChI=1S/C54H99NO10/c1-4-7-10-13-16-19-22-24-25-27-30-33-36-39-42-49(59)65-52-51(61)50(60)48(43-56)64-54(52)63-44-45(46(57)40-37-34-31-29-26-23-20-17-14-11-8-5-2)55-53(62)47(58)41-38-35-32-28-21-18-15-12-9-6-3/h7,10,16,19,37,40,45-48,50-52,54,56-58,60-61H,4-6,8-9,11-15,17-18,20-36,38-39,41-44H2,1-3H3,(H,55,62)/b10-7+,19-16+,40-37+. The van der Waals surface area contributed by atoms with Crippen LogP contribution in [-0.2, 0) is 23.8 Å². The summed E-state index contributed by atoms with van der Waals surface area (Å²) in [7, 11) is 0. The average molecular weight is 922 g/mol. The monoisotopic (exact) mass is 922 g/mol. The summed E-state index contributed by atoms with van der Waals surface area (Å²) in [4.78, 5) is 26.3. The number of ether oxygens (including phenoxy) is 3. The first-order valence-electron chi connectivity index (χ1n) is 26.8. The lowest BCUT2D eigenvalue weighted by molar-refractivity contribution is -0.305. The summed E-state index contributed by atoms with van der Waals surface area (Å²) < 4.78 is 17.5. The Balaban J connectivity index is 2.77. The number of hydrogen-bond donors (Lipinski definition) is 6. The lowest BCUT2D eigenvalue weighted by Crippen LogP contribution is -2.61. The van der Waals surface area contributed by atoms with E-state index in [1.807, 2.05) is 6.08 Å². The SMILES string of the molecule is CC/C=C/C/C=C/CCCCCCCCCC(=O)OC1C(OCC(NC(=O)C(O)CCCCCCCCCCCC)C(O)/C=C/CCCCCCCCCCCC)OC(CO)C(O)C1O. The van der Waals surface area contributed by atoms with Crippen molar-refractivity contribution in [3.05, 3.63) is 36.5 Å². The molecule has 0 bridgehead atoms. The minimum atomic E-state index is -1.61. The van der Waals surface area contributed by atoms with Gasteiger partial charge in [-0.05, 0) is 51.4 Å². The predicted octanol–water partition coefficient (Wildman–Crippen LogP) is 11.2. The van der Waals surface area contributed by atoms with Crippen LogP contribution in [0.3, 0.4) is 0 Å². The molecule has 0 aromatic heterocycles. The second-order valence-corrected chi connectivity index (χ2v) is 18.6. The zero-order valence-corrected chi connectivity index (χ0v) is 41.6. The third-order valence-corrected chi connectivity index (χ3v) is 12.6. The normalized spacial score (nSPS) is 20.5. The van der Waals surface area contributed by atoms with Gasteiger partial charge in [0.1, 0.15) is 24.4 Å². The van der Waals surface area contributed by atoms with Crippen molar-refractivity contribution in [2.45, 2.75) is 282 Å². The largest absolute Gasteiger partial charge is 0.454 e. The Morgan fingerprint density at radius 1 is 0.615 bits per heavy atom. The molecule has 380 valence electrons. The number of nitrogens with one attached hydrogen (secondary N) is 1. The number of allylic oxidation sites excluding steroid dienone is 5. The molecule has 11 heteroatoms. The molecule has 1 rings (SSSR count). The number of aliphatic hydroxyl groups is 5. The maximum absolute atomic E-state index is 13.3. The van der Waals surface area contributed by atoms with Gasteiger partial charge < -0.3 is 45.1 Å². The van der Waals surface area contributed by atoms with Crippen LogP contribution >= 0.6 is 0 Å². The molecule has 11 nitrogen and oxygen atoms in total. The summed E-state index contributed by atoms with van der Waals surface area (Å²) in [5.41, 5.74) is 0. The first kappa shape index (κ1) is 60.9. The molecule has 1 fully saturated rings. The molecule has 1 aliphatic heterocycles. The quantitative estimate of drug-likeness (QED) is 0.0196. The molecule has 8 atom stereocenters. The fourth-order valence-corrected chi connectivity index (χ4v) is 8.28. The summed E-state index contributed by atoms with van der Waals surface area (Å²) in [6, 6.07) is -1.02. The third-order valence-electron chi connectivity index (χ3n) is 12.6. The molecule has 1 saturated heterocycles. The van der Waals surface area contributed by atoms with Crippen molar-refractivity contribution < 1.29 is 49.3 Å². The molecular formula is C54H99NO10. The molecule has 65 heavy (non-hydrogen) atoms. The van der Waals surface area contributed by atoms with E-state index in [-0.39, 0.29) is 13.0 Å². The number of esters is 1. The first-order chi connectivity index (χ1) is 31.7. The van der Waals surface area contributed by atoms with Crippen molar-refractivity contribution in [1.82, 2.24) is 5.32 Å². The van der Waals surface area contributed by atoms with Gasteiger partial charge in [-0.15, -0.1) is 0 Å². The molecular weight excluding hydrogens is 823 g/mol. The summed E-state index contributed by atoms with van der Waals surface area (Å²) in [6.45, 7) is 5.64. The number of rotatable bonds is 44. The van der Waals surface area contributed by atoms with Crippen molar-refractivity contribution in [3.63, 3.8) is 0 Å². The molecule has 0 aromatic carbocycles. The average Bonchev–Trinajstić information content (AvgIpc) is 3.30. The number of amides is 1. The zero-order chi connectivity index (χ0) is 47.6. The Labute approximate surface area is 396 Å². The number of carbonyl (C=O) groups is 2. The van der Waals surface area contributed by atoms with Crippen LogP contribution in [-0.4, -0.2) is 99.6 Å². The minimum Gasteiger partial charge on any atom is -0.454 e. The van der Waals surface area contributed by atoms with Gasteiger partial charge in [-0.2, -0.15) is 0 Å². The van der Waals surface area contributed by atoms with E-state index in [1.165, 1.54) is 103 Å². The van der Waals surface area contributed by atoms with Crippen molar-refractivity contribution >= 4 is 11.9 Å². The van der Waals surface area contributed by atoms with Gasteiger partial charge in [-0.1, -0.05) is 211 Å². The van der Waals surface area contributed by atoms with Gasteiger partial charge in [0, 0.05) is 6.42 Å². The molecule has 0 saturated carbocycles. The van der Waals surface area contributed by atoms with E-state index >= 15 is 0 Å². The molecule has 1 heterocycles. The van der Waals surface area contributed by atoms with Gasteiger partial charge in [0.2, 0.25) is 5.91 Å². The van der Waals surface area contributed by atoms with E-state index in [0.717, 1.165) is 83.5 Å². The van der Waals surface area contributed by atoms with Gasteiger partial charge in [0.15, 0.2) is 12.4 Å². The maximum Gasteiger partial charge on any atom is 0.306 e. The molecule has 6 N–H and O–H groups in total. The van der Waals surface area contributed by atoms with Crippen LogP contribution in [0, 0.1) is 0 Å². The topological polar surface area (TPSA) is 175 Å². The Morgan fingerprint density at radius 2 is 1.11 bits per heavy atom. The summed E-state index contributed by atoms with van der Waals surface area (Å²) in [5, 5.41) is 56.6. The van der Waals surface area contributed by atoms with Crippen LogP contribution in [0.4, 0.5) is 0 Å². The Kier molecular flexibility index (Phi) is 40.5. The third kappa shape index (κ3) is 32.3. The highest BCUT2D eigenvalue weighted by Crippen LogP contribution is 2.26. The van der Waals surface area contributed by atoms with E-state index < -0.39 is 67.4 Å². The number of aliphatic hydroxyl groups excluding tert-OH is 5. The van der Waals surface area contributed by atoms with E-state index in [4.69, 9.17) is 14.2 Å². The molecule has 0 radical (unpaired) electrons. The van der Waals surface area contributed by atoms with Crippen LogP contribution in [0.1, 0.15) is 233 Å². The van der Waals surface area contributed by atoms with Gasteiger partial charge in [-0.3, -0.25) is 9.59 Å². The molecule has 0 aromatic rings. The minimum absolute atomic E-state index is 0.116. The first-order valence-corrected chi connectivity index (χ1v) is 26.8. The summed E-state index contributed by atoms with van der Waals surface area (Å²) in [5.74, 6) is -1.20. The van der Waals surface area contributed by atoms with E-state index in [9.17, 15) is 35.1 Å². The van der Waals surface area contributed by atoms with E-state index in [0.29, 0.717) is 19.3 Å². The fourth-order valence-electron chi connectivity index (χ4n) is 8.28. The Hall–Kier alpha value is -2.12. The predicted molar refractivity (Wildman–Crippen MR) is 264 cm³/mol. The van der Waals surface area contributed by atoms with Crippen molar-refractivity contribution in [1.29, 1.82) is 0 Å². The van der Waals surface area contributed by atoms with Gasteiger partial charge >= 0.3 is 5.97 Å². The highest BCUT2D eigenvalue weighted by atomic mass is 16.7. The van der Waals surface area contributed by atoms with E-state index in [2.05, 4.69) is 50.4 Å². The molecule has 0 spiro atoms. The van der Waals surface area contributed by atoms with Gasteiger partial charge in [0.05, 0.1) is 25.4 Å². The number of carbonyl (C=O) groups excluding carboxylic acids is 2. The van der Waals surface area contributed by atoms with Crippen molar-refractivity contribution in [3.8, 4) is 0 Å². The highest BCUT2D eigenvalue weighted by Gasteiger charge is 2.47. The Morgan fingerprint density at radius 3 is 1.65 bits per heavy atom. The van der Waals surface area contributed by atoms with Crippen molar-refractivity contribution in [2.75, 3.05) is 13.2 Å². The Bertz CT molecular complexity index is 1200. The molecule has 0 aliphatic carbocycles. The molecule has 8 unspecified atom stereocenters. The number of unbranched alkanes of at least 4 members (excludes halogenated alkanes) is 26. The lowest BCUT2D eigenvalue weighted by atomic mass is 9.99.